The minimum absolute atomic E-state index is 0.255. The Morgan fingerprint density at radius 2 is 1.90 bits per heavy atom. The van der Waals surface area contributed by atoms with Crippen molar-refractivity contribution in [3.8, 4) is 0 Å². The highest BCUT2D eigenvalue weighted by Crippen LogP contribution is 2.46. The summed E-state index contributed by atoms with van der Waals surface area (Å²) in [6, 6.07) is 2.52. The maximum Gasteiger partial charge on any atom is 0.0739 e. The van der Waals surface area contributed by atoms with Crippen LogP contribution in [-0.4, -0.2) is 23.5 Å². The summed E-state index contributed by atoms with van der Waals surface area (Å²) in [6.45, 7) is 4.72. The van der Waals surface area contributed by atoms with Gasteiger partial charge in [0.1, 0.15) is 0 Å². The van der Waals surface area contributed by atoms with Gasteiger partial charge in [-0.25, -0.2) is 0 Å². The molecular weight excluding hydrogens is 266 g/mol. The van der Waals surface area contributed by atoms with Gasteiger partial charge < -0.3 is 0 Å². The molecule has 20 heavy (non-hydrogen) atoms. The molecule has 0 radical (unpaired) electrons. The Morgan fingerprint density at radius 1 is 1.20 bits per heavy atom. The van der Waals surface area contributed by atoms with Crippen LogP contribution in [0.4, 0.5) is 0 Å². The predicted octanol–water partition coefficient (Wildman–Crippen LogP) is 3.36. The lowest BCUT2D eigenvalue weighted by atomic mass is 9.83. The Kier molecular flexibility index (Phi) is 4.46. The number of piperidine rings is 1. The van der Waals surface area contributed by atoms with Gasteiger partial charge in [-0.1, -0.05) is 19.3 Å². The van der Waals surface area contributed by atoms with Gasteiger partial charge in [-0.05, 0) is 62.7 Å². The Hall–Kier alpha value is -0.420. The van der Waals surface area contributed by atoms with Crippen LogP contribution < -0.4 is 11.3 Å². The molecule has 3 rings (SSSR count). The molecule has 4 heteroatoms. The van der Waals surface area contributed by atoms with E-state index in [2.05, 4.69) is 28.7 Å². The first-order chi connectivity index (χ1) is 9.78. The summed E-state index contributed by atoms with van der Waals surface area (Å²) in [5.41, 5.74) is 4.84. The van der Waals surface area contributed by atoms with E-state index in [-0.39, 0.29) is 5.54 Å². The third-order valence-corrected chi connectivity index (χ3v) is 6.41. The van der Waals surface area contributed by atoms with Crippen molar-refractivity contribution in [1.82, 2.24) is 10.3 Å². The van der Waals surface area contributed by atoms with Gasteiger partial charge in [-0.15, -0.1) is 11.3 Å². The van der Waals surface area contributed by atoms with Gasteiger partial charge in [0.15, 0.2) is 0 Å². The number of hydrogen-bond acceptors (Lipinski definition) is 4. The van der Waals surface area contributed by atoms with E-state index in [1.54, 1.807) is 0 Å². The SMILES string of the molecule is Cc1ccsc1C(NN)C1(N2CCCCC2)CCCC1. The molecule has 3 nitrogen and oxygen atoms in total. The van der Waals surface area contributed by atoms with Gasteiger partial charge in [0.2, 0.25) is 0 Å². The average Bonchev–Trinajstić information content (AvgIpc) is 3.12. The van der Waals surface area contributed by atoms with Gasteiger partial charge in [-0.2, -0.15) is 0 Å². The molecule has 2 fully saturated rings. The molecule has 1 saturated carbocycles. The maximum atomic E-state index is 6.03. The quantitative estimate of drug-likeness (QED) is 0.660. The molecule has 1 aliphatic heterocycles. The van der Waals surface area contributed by atoms with Crippen molar-refractivity contribution in [2.24, 2.45) is 5.84 Å². The smallest absolute Gasteiger partial charge is 0.0739 e. The fourth-order valence-corrected chi connectivity index (χ4v) is 5.37. The van der Waals surface area contributed by atoms with Crippen molar-refractivity contribution >= 4 is 11.3 Å². The lowest BCUT2D eigenvalue weighted by Crippen LogP contribution is -2.57. The fraction of sp³-hybridized carbons (Fsp3) is 0.750. The van der Waals surface area contributed by atoms with Crippen LogP contribution in [0.5, 0.6) is 0 Å². The Balaban J connectivity index is 1.93. The number of nitrogens with zero attached hydrogens (tertiary/aromatic N) is 1. The van der Waals surface area contributed by atoms with E-state index in [0.717, 1.165) is 0 Å². The van der Waals surface area contributed by atoms with E-state index in [1.807, 2.05) is 11.3 Å². The van der Waals surface area contributed by atoms with Crippen molar-refractivity contribution in [3.63, 3.8) is 0 Å². The lowest BCUT2D eigenvalue weighted by Gasteiger charge is -2.48. The molecule has 0 spiro atoms. The van der Waals surface area contributed by atoms with Crippen molar-refractivity contribution in [1.29, 1.82) is 0 Å². The zero-order valence-electron chi connectivity index (χ0n) is 12.5. The topological polar surface area (TPSA) is 41.3 Å². The Bertz CT molecular complexity index is 431. The molecule has 112 valence electrons. The van der Waals surface area contributed by atoms with Crippen LogP contribution in [0.2, 0.25) is 0 Å². The molecule has 1 aromatic heterocycles. The zero-order valence-corrected chi connectivity index (χ0v) is 13.3. The molecule has 1 aromatic rings. The minimum Gasteiger partial charge on any atom is -0.296 e. The molecule has 1 unspecified atom stereocenters. The highest BCUT2D eigenvalue weighted by Gasteiger charge is 2.47. The Morgan fingerprint density at radius 3 is 2.45 bits per heavy atom. The molecule has 0 aromatic carbocycles. The van der Waals surface area contributed by atoms with Gasteiger partial charge in [-0.3, -0.25) is 16.2 Å². The molecule has 2 heterocycles. The Labute approximate surface area is 126 Å². The van der Waals surface area contributed by atoms with Crippen LogP contribution in [0.15, 0.2) is 11.4 Å². The van der Waals surface area contributed by atoms with Gasteiger partial charge >= 0.3 is 0 Å². The van der Waals surface area contributed by atoms with Crippen LogP contribution in [0.25, 0.3) is 0 Å². The number of aryl methyl sites for hydroxylation is 1. The molecule has 2 aliphatic rings. The number of nitrogens with one attached hydrogen (secondary N) is 1. The monoisotopic (exact) mass is 293 g/mol. The summed E-state index contributed by atoms with van der Waals surface area (Å²) in [4.78, 5) is 4.20. The van der Waals surface area contributed by atoms with Crippen LogP contribution in [0.3, 0.4) is 0 Å². The van der Waals surface area contributed by atoms with E-state index < -0.39 is 0 Å². The summed E-state index contributed by atoms with van der Waals surface area (Å²) >= 11 is 1.86. The van der Waals surface area contributed by atoms with E-state index in [4.69, 9.17) is 5.84 Å². The molecular formula is C16H27N3S. The number of thiophene rings is 1. The highest BCUT2D eigenvalue weighted by molar-refractivity contribution is 7.10. The van der Waals surface area contributed by atoms with Crippen LogP contribution in [0.1, 0.15) is 61.4 Å². The summed E-state index contributed by atoms with van der Waals surface area (Å²) in [5.74, 6) is 6.03. The minimum atomic E-state index is 0.255. The summed E-state index contributed by atoms with van der Waals surface area (Å²) in [7, 11) is 0. The molecule has 1 atom stereocenters. The van der Waals surface area contributed by atoms with Crippen LogP contribution in [-0.2, 0) is 0 Å². The van der Waals surface area contributed by atoms with Gasteiger partial charge in [0, 0.05) is 10.4 Å². The third-order valence-electron chi connectivity index (χ3n) is 5.32. The average molecular weight is 293 g/mol. The molecule has 1 saturated heterocycles. The molecule has 0 bridgehead atoms. The van der Waals surface area contributed by atoms with Crippen molar-refractivity contribution in [3.05, 3.63) is 21.9 Å². The maximum absolute atomic E-state index is 6.03. The number of nitrogens with two attached hydrogens (primary N) is 1. The summed E-state index contributed by atoms with van der Waals surface area (Å²) < 4.78 is 0. The highest BCUT2D eigenvalue weighted by atomic mass is 32.1. The van der Waals surface area contributed by atoms with Crippen LogP contribution in [0, 0.1) is 6.92 Å². The first-order valence-electron chi connectivity index (χ1n) is 8.03. The van der Waals surface area contributed by atoms with Crippen molar-refractivity contribution in [2.45, 2.75) is 63.5 Å². The summed E-state index contributed by atoms with van der Waals surface area (Å²) in [5, 5.41) is 2.20. The number of likely N-dealkylation sites (tertiary alicyclic amines) is 1. The second-order valence-corrected chi connectivity index (χ2v) is 7.37. The molecule has 1 aliphatic carbocycles. The van der Waals surface area contributed by atoms with Gasteiger partial charge in [0.25, 0.3) is 0 Å². The number of hydrogen-bond donors (Lipinski definition) is 2. The molecule has 0 amide bonds. The van der Waals surface area contributed by atoms with Crippen molar-refractivity contribution in [2.75, 3.05) is 13.1 Å². The fourth-order valence-electron chi connectivity index (χ4n) is 4.27. The summed E-state index contributed by atoms with van der Waals surface area (Å²) in [6.07, 6.45) is 9.37. The zero-order chi connectivity index (χ0) is 14.0. The third kappa shape index (κ3) is 2.43. The number of hydrazine groups is 1. The molecule has 3 N–H and O–H groups in total. The van der Waals surface area contributed by atoms with E-state index in [1.165, 1.54) is 68.5 Å². The lowest BCUT2D eigenvalue weighted by molar-refractivity contribution is 0.0369. The van der Waals surface area contributed by atoms with E-state index in [0.29, 0.717) is 6.04 Å². The first-order valence-corrected chi connectivity index (χ1v) is 8.91. The largest absolute Gasteiger partial charge is 0.296 e. The second-order valence-electron chi connectivity index (χ2n) is 6.43. The standard InChI is InChI=1S/C16H27N3S/c1-13-7-12-20-14(13)15(18-17)16(8-3-4-9-16)19-10-5-2-6-11-19/h7,12,15,18H,2-6,8-11,17H2,1H3. The van der Waals surface area contributed by atoms with Crippen LogP contribution >= 0.6 is 11.3 Å². The van der Waals surface area contributed by atoms with E-state index in [9.17, 15) is 0 Å². The normalized spacial score (nSPS) is 24.9. The van der Waals surface area contributed by atoms with Gasteiger partial charge in [0.05, 0.1) is 6.04 Å². The second kappa shape index (κ2) is 6.14. The first kappa shape index (κ1) is 14.5. The number of rotatable bonds is 4. The van der Waals surface area contributed by atoms with Crippen molar-refractivity contribution < 1.29 is 0 Å². The van der Waals surface area contributed by atoms with E-state index >= 15 is 0 Å². The predicted molar refractivity (Wildman–Crippen MR) is 85.7 cm³/mol.